The monoisotopic (exact) mass is 320 g/mol. The van der Waals surface area contributed by atoms with Crippen molar-refractivity contribution in [3.63, 3.8) is 0 Å². The second-order valence-corrected chi connectivity index (χ2v) is 6.20. The minimum absolute atomic E-state index is 0.232. The average molecular weight is 320 g/mol. The summed E-state index contributed by atoms with van der Waals surface area (Å²) in [5.41, 5.74) is 8.65. The Morgan fingerprint density at radius 3 is 2.57 bits per heavy atom. The number of rotatable bonds is 6. The second-order valence-electron chi connectivity index (χ2n) is 4.46. The first kappa shape index (κ1) is 15.8. The molecule has 0 fully saturated rings. The van der Waals surface area contributed by atoms with E-state index in [1.807, 2.05) is 18.2 Å². The normalized spacial score (nSPS) is 10.4. The third kappa shape index (κ3) is 4.19. The molecule has 0 bridgehead atoms. The molecule has 2 aromatic rings. The summed E-state index contributed by atoms with van der Waals surface area (Å²) in [6.45, 7) is 2.68. The molecule has 0 aromatic heterocycles. The molecule has 2 rings (SSSR count). The minimum Gasteiger partial charge on any atom is -0.389 e. The molecule has 2 aromatic carbocycles. The van der Waals surface area contributed by atoms with Gasteiger partial charge < -0.3 is 11.1 Å². The zero-order valence-corrected chi connectivity index (χ0v) is 13.4. The summed E-state index contributed by atoms with van der Waals surface area (Å²) in [6, 6.07) is 12.4. The molecule has 0 unspecified atom stereocenters. The quantitative estimate of drug-likeness (QED) is 0.618. The molecular formula is C16H17FN2S2. The topological polar surface area (TPSA) is 38.0 Å². The summed E-state index contributed by atoms with van der Waals surface area (Å²) in [6.07, 6.45) is 0. The highest BCUT2D eigenvalue weighted by Crippen LogP contribution is 2.28. The van der Waals surface area contributed by atoms with Gasteiger partial charge in [0.1, 0.15) is 10.8 Å². The predicted octanol–water partition coefficient (Wildman–Crippen LogP) is 4.18. The first-order valence-corrected chi connectivity index (χ1v) is 8.05. The van der Waals surface area contributed by atoms with Crippen LogP contribution in [0.25, 0.3) is 0 Å². The molecule has 110 valence electrons. The van der Waals surface area contributed by atoms with E-state index in [4.69, 9.17) is 18.0 Å². The number of hydrogen-bond donors (Lipinski definition) is 2. The van der Waals surface area contributed by atoms with Crippen molar-refractivity contribution >= 4 is 34.7 Å². The number of thioether (sulfide) groups is 1. The fourth-order valence-corrected chi connectivity index (χ4v) is 3.14. The summed E-state index contributed by atoms with van der Waals surface area (Å²) in [4.78, 5) is 1.46. The Balaban J connectivity index is 2.21. The van der Waals surface area contributed by atoms with Crippen molar-refractivity contribution < 1.29 is 4.39 Å². The van der Waals surface area contributed by atoms with Gasteiger partial charge in [0.15, 0.2) is 0 Å². The summed E-state index contributed by atoms with van der Waals surface area (Å²) in [5.74, 6) is 0.723. The molecule has 0 aliphatic heterocycles. The largest absolute Gasteiger partial charge is 0.389 e. The highest BCUT2D eigenvalue weighted by Gasteiger charge is 2.11. The van der Waals surface area contributed by atoms with Crippen LogP contribution in [0, 0.1) is 5.82 Å². The van der Waals surface area contributed by atoms with E-state index >= 15 is 0 Å². The lowest BCUT2D eigenvalue weighted by molar-refractivity contribution is 0.627. The third-order valence-corrected chi connectivity index (χ3v) is 4.11. The fraction of sp³-hybridized carbons (Fsp3) is 0.188. The molecule has 0 amide bonds. The molecule has 0 aliphatic carbocycles. The summed E-state index contributed by atoms with van der Waals surface area (Å²) in [7, 11) is 0. The van der Waals surface area contributed by atoms with Crippen LogP contribution in [-0.2, 0) is 6.54 Å². The average Bonchev–Trinajstić information content (AvgIpc) is 2.47. The van der Waals surface area contributed by atoms with E-state index in [2.05, 4.69) is 12.2 Å². The number of nitrogens with two attached hydrogens (primary N) is 1. The number of anilines is 1. The van der Waals surface area contributed by atoms with E-state index in [-0.39, 0.29) is 5.82 Å². The standard InChI is InChI=1S/C16H17FN2S2/c1-2-21-14-5-3-4-13(15(14)16(18)20)19-10-11-6-8-12(17)9-7-11/h3-9,19H,2,10H2,1H3,(H2,18,20). The zero-order valence-electron chi connectivity index (χ0n) is 11.7. The van der Waals surface area contributed by atoms with Gasteiger partial charge in [-0.25, -0.2) is 4.39 Å². The molecule has 0 spiro atoms. The van der Waals surface area contributed by atoms with Crippen molar-refractivity contribution in [2.24, 2.45) is 5.73 Å². The highest BCUT2D eigenvalue weighted by atomic mass is 32.2. The van der Waals surface area contributed by atoms with Gasteiger partial charge in [-0.3, -0.25) is 0 Å². The van der Waals surface area contributed by atoms with Crippen LogP contribution < -0.4 is 11.1 Å². The first-order valence-electron chi connectivity index (χ1n) is 6.65. The van der Waals surface area contributed by atoms with Gasteiger partial charge in [0.2, 0.25) is 0 Å². The van der Waals surface area contributed by atoms with Crippen molar-refractivity contribution in [1.82, 2.24) is 0 Å². The Labute approximate surface area is 133 Å². The smallest absolute Gasteiger partial charge is 0.123 e. The van der Waals surface area contributed by atoms with Gasteiger partial charge in [0, 0.05) is 22.7 Å². The van der Waals surface area contributed by atoms with Crippen LogP contribution in [0.5, 0.6) is 0 Å². The van der Waals surface area contributed by atoms with Crippen molar-refractivity contribution in [3.8, 4) is 0 Å². The van der Waals surface area contributed by atoms with Crippen LogP contribution in [0.15, 0.2) is 47.4 Å². The molecule has 0 atom stereocenters. The van der Waals surface area contributed by atoms with Crippen molar-refractivity contribution in [2.75, 3.05) is 11.1 Å². The van der Waals surface area contributed by atoms with Gasteiger partial charge in [-0.05, 0) is 35.6 Å². The molecule has 0 heterocycles. The number of hydrogen-bond acceptors (Lipinski definition) is 3. The van der Waals surface area contributed by atoms with Gasteiger partial charge in [0.05, 0.1) is 0 Å². The van der Waals surface area contributed by atoms with Crippen LogP contribution in [0.3, 0.4) is 0 Å². The molecule has 5 heteroatoms. The van der Waals surface area contributed by atoms with Crippen molar-refractivity contribution in [2.45, 2.75) is 18.4 Å². The van der Waals surface area contributed by atoms with Crippen molar-refractivity contribution in [1.29, 1.82) is 0 Å². The SMILES string of the molecule is CCSc1cccc(NCc2ccc(F)cc2)c1C(N)=S. The summed E-state index contributed by atoms with van der Waals surface area (Å²) < 4.78 is 12.9. The van der Waals surface area contributed by atoms with E-state index in [0.29, 0.717) is 11.5 Å². The van der Waals surface area contributed by atoms with E-state index in [1.165, 1.54) is 12.1 Å². The number of halogens is 1. The predicted molar refractivity (Wildman–Crippen MR) is 92.5 cm³/mol. The summed E-state index contributed by atoms with van der Waals surface area (Å²) in [5, 5.41) is 3.33. The van der Waals surface area contributed by atoms with Gasteiger partial charge in [-0.1, -0.05) is 37.3 Å². The van der Waals surface area contributed by atoms with Crippen LogP contribution in [0.2, 0.25) is 0 Å². The first-order chi connectivity index (χ1) is 10.1. The molecule has 21 heavy (non-hydrogen) atoms. The highest BCUT2D eigenvalue weighted by molar-refractivity contribution is 7.99. The van der Waals surface area contributed by atoms with Gasteiger partial charge in [0.25, 0.3) is 0 Å². The fourth-order valence-electron chi connectivity index (χ4n) is 2.01. The van der Waals surface area contributed by atoms with E-state index in [1.54, 1.807) is 23.9 Å². The van der Waals surface area contributed by atoms with E-state index < -0.39 is 0 Å². The maximum absolute atomic E-state index is 12.9. The second kappa shape index (κ2) is 7.43. The number of nitrogens with one attached hydrogen (secondary N) is 1. The number of benzene rings is 2. The molecule has 0 aliphatic rings. The van der Waals surface area contributed by atoms with Gasteiger partial charge >= 0.3 is 0 Å². The maximum atomic E-state index is 12.9. The minimum atomic E-state index is -0.232. The molecule has 0 radical (unpaired) electrons. The maximum Gasteiger partial charge on any atom is 0.123 e. The molecule has 3 N–H and O–H groups in total. The lowest BCUT2D eigenvalue weighted by Crippen LogP contribution is -2.14. The molecule has 2 nitrogen and oxygen atoms in total. The molecular weight excluding hydrogens is 303 g/mol. The van der Waals surface area contributed by atoms with Crippen LogP contribution in [0.4, 0.5) is 10.1 Å². The molecule has 0 saturated heterocycles. The Morgan fingerprint density at radius 2 is 1.95 bits per heavy atom. The Morgan fingerprint density at radius 1 is 1.24 bits per heavy atom. The van der Waals surface area contributed by atoms with Crippen LogP contribution in [0.1, 0.15) is 18.1 Å². The van der Waals surface area contributed by atoms with E-state index in [0.717, 1.165) is 27.5 Å². The lowest BCUT2D eigenvalue weighted by Gasteiger charge is -2.15. The summed E-state index contributed by atoms with van der Waals surface area (Å²) >= 11 is 6.89. The van der Waals surface area contributed by atoms with Crippen LogP contribution >= 0.6 is 24.0 Å². The Hall–Kier alpha value is -1.59. The lowest BCUT2D eigenvalue weighted by atomic mass is 10.1. The number of thiocarbonyl (C=S) groups is 1. The van der Waals surface area contributed by atoms with Crippen LogP contribution in [-0.4, -0.2) is 10.7 Å². The third-order valence-electron chi connectivity index (χ3n) is 2.97. The van der Waals surface area contributed by atoms with Crippen molar-refractivity contribution in [3.05, 3.63) is 59.4 Å². The van der Waals surface area contributed by atoms with E-state index in [9.17, 15) is 4.39 Å². The Kier molecular flexibility index (Phi) is 5.59. The van der Waals surface area contributed by atoms with Gasteiger partial charge in [-0.2, -0.15) is 0 Å². The van der Waals surface area contributed by atoms with Gasteiger partial charge in [-0.15, -0.1) is 11.8 Å². The Bertz CT molecular complexity index is 627. The zero-order chi connectivity index (χ0) is 15.2. The molecule has 0 saturated carbocycles.